The summed E-state index contributed by atoms with van der Waals surface area (Å²) in [5.74, 6) is 0. The van der Waals surface area contributed by atoms with Gasteiger partial charge < -0.3 is 4.90 Å². The van der Waals surface area contributed by atoms with Gasteiger partial charge >= 0.3 is 0 Å². The lowest BCUT2D eigenvalue weighted by atomic mass is 9.97. The highest BCUT2D eigenvalue weighted by Gasteiger charge is 2.22. The van der Waals surface area contributed by atoms with E-state index in [-0.39, 0.29) is 5.54 Å². The predicted molar refractivity (Wildman–Crippen MR) is 86.8 cm³/mol. The Morgan fingerprint density at radius 2 is 1.95 bits per heavy atom. The van der Waals surface area contributed by atoms with Crippen LogP contribution in [-0.4, -0.2) is 61.7 Å². The molecular weight excluding hydrogens is 248 g/mol. The molecule has 2 atom stereocenters. The number of hydrogen-bond donors (Lipinski definition) is 1. The van der Waals surface area contributed by atoms with Crippen molar-refractivity contribution in [2.24, 2.45) is 0 Å². The molecule has 0 aromatic rings. The van der Waals surface area contributed by atoms with Crippen molar-refractivity contribution in [1.29, 1.82) is 5.26 Å². The summed E-state index contributed by atoms with van der Waals surface area (Å²) in [7, 11) is 4.23. The summed E-state index contributed by atoms with van der Waals surface area (Å²) in [5.41, 5.74) is -0.375. The Morgan fingerprint density at radius 3 is 2.40 bits per heavy atom. The highest BCUT2D eigenvalue weighted by molar-refractivity contribution is 5.03. The van der Waals surface area contributed by atoms with E-state index in [2.05, 4.69) is 56.1 Å². The van der Waals surface area contributed by atoms with Gasteiger partial charge in [-0.15, -0.1) is 0 Å². The van der Waals surface area contributed by atoms with Gasteiger partial charge in [0.25, 0.3) is 0 Å². The minimum atomic E-state index is -0.375. The molecule has 0 saturated heterocycles. The van der Waals surface area contributed by atoms with E-state index in [0.717, 1.165) is 45.4 Å². The third kappa shape index (κ3) is 7.84. The van der Waals surface area contributed by atoms with Crippen LogP contribution in [-0.2, 0) is 0 Å². The van der Waals surface area contributed by atoms with Crippen LogP contribution < -0.4 is 5.32 Å². The van der Waals surface area contributed by atoms with Crippen molar-refractivity contribution in [1.82, 2.24) is 15.1 Å². The maximum atomic E-state index is 9.33. The van der Waals surface area contributed by atoms with Crippen LogP contribution in [0.5, 0.6) is 0 Å². The molecule has 0 aliphatic rings. The van der Waals surface area contributed by atoms with Gasteiger partial charge in [0.15, 0.2) is 0 Å². The highest BCUT2D eigenvalue weighted by atomic mass is 15.2. The molecule has 20 heavy (non-hydrogen) atoms. The number of rotatable bonds is 11. The molecule has 1 N–H and O–H groups in total. The van der Waals surface area contributed by atoms with Gasteiger partial charge in [0.05, 0.1) is 6.07 Å². The fourth-order valence-electron chi connectivity index (χ4n) is 2.55. The molecule has 0 rings (SSSR count). The Balaban J connectivity index is 4.20. The summed E-state index contributed by atoms with van der Waals surface area (Å²) in [4.78, 5) is 4.73. The lowest BCUT2D eigenvalue weighted by Gasteiger charge is -2.31. The van der Waals surface area contributed by atoms with Crippen molar-refractivity contribution in [2.45, 2.75) is 58.5 Å². The molecule has 4 nitrogen and oxygen atoms in total. The Bertz CT molecular complexity index is 285. The Morgan fingerprint density at radius 1 is 1.30 bits per heavy atom. The first-order chi connectivity index (χ1) is 9.38. The number of nitrogens with one attached hydrogen (secondary N) is 1. The summed E-state index contributed by atoms with van der Waals surface area (Å²) in [5, 5.41) is 12.7. The van der Waals surface area contributed by atoms with Crippen LogP contribution in [0.25, 0.3) is 0 Å². The Hall–Kier alpha value is -0.630. The van der Waals surface area contributed by atoms with Gasteiger partial charge in [0, 0.05) is 12.6 Å². The summed E-state index contributed by atoms with van der Waals surface area (Å²) < 4.78 is 0. The Kier molecular flexibility index (Phi) is 9.83. The summed E-state index contributed by atoms with van der Waals surface area (Å²) in [6, 6.07) is 2.99. The van der Waals surface area contributed by atoms with Gasteiger partial charge in [0.2, 0.25) is 0 Å². The molecule has 0 aromatic heterocycles. The monoisotopic (exact) mass is 282 g/mol. The fraction of sp³-hybridized carbons (Fsp3) is 0.938. The molecular formula is C16H34N4. The molecule has 0 fully saturated rings. The second kappa shape index (κ2) is 10.1. The smallest absolute Gasteiger partial charge is 0.103 e. The predicted octanol–water partition coefficient (Wildman–Crippen LogP) is 2.32. The quantitative estimate of drug-likeness (QED) is 0.631. The third-order valence-corrected chi connectivity index (χ3v) is 3.79. The van der Waals surface area contributed by atoms with E-state index in [9.17, 15) is 5.26 Å². The number of hydrogen-bond acceptors (Lipinski definition) is 4. The van der Waals surface area contributed by atoms with Crippen LogP contribution in [0.3, 0.4) is 0 Å². The lowest BCUT2D eigenvalue weighted by molar-refractivity contribution is 0.175. The Labute approximate surface area is 126 Å². The van der Waals surface area contributed by atoms with Crippen LogP contribution in [0.1, 0.15) is 47.0 Å². The summed E-state index contributed by atoms with van der Waals surface area (Å²) >= 11 is 0. The van der Waals surface area contributed by atoms with Crippen LogP contribution in [0.15, 0.2) is 0 Å². The van der Waals surface area contributed by atoms with E-state index < -0.39 is 0 Å². The maximum Gasteiger partial charge on any atom is 0.103 e. The molecule has 2 unspecified atom stereocenters. The van der Waals surface area contributed by atoms with Crippen molar-refractivity contribution in [3.05, 3.63) is 0 Å². The summed E-state index contributed by atoms with van der Waals surface area (Å²) in [6.07, 6.45) is 3.04. The van der Waals surface area contributed by atoms with Crippen LogP contribution >= 0.6 is 0 Å². The minimum absolute atomic E-state index is 0.375. The van der Waals surface area contributed by atoms with Crippen LogP contribution in [0.2, 0.25) is 0 Å². The van der Waals surface area contributed by atoms with Crippen LogP contribution in [0, 0.1) is 11.3 Å². The molecule has 0 saturated carbocycles. The molecule has 0 bridgehead atoms. The van der Waals surface area contributed by atoms with Gasteiger partial charge in [-0.05, 0) is 66.8 Å². The van der Waals surface area contributed by atoms with E-state index in [4.69, 9.17) is 0 Å². The van der Waals surface area contributed by atoms with E-state index in [1.54, 1.807) is 0 Å². The van der Waals surface area contributed by atoms with E-state index in [1.165, 1.54) is 0 Å². The normalized spacial score (nSPS) is 16.1. The largest absolute Gasteiger partial charge is 0.308 e. The molecule has 0 radical (unpaired) electrons. The second-order valence-electron chi connectivity index (χ2n) is 6.21. The number of likely N-dealkylation sites (N-methyl/N-ethyl adjacent to an activating group) is 2. The SMILES string of the molecule is CCCNC(C)(C#N)CCCN(CC)C(C)CN(C)C. The summed E-state index contributed by atoms with van der Waals surface area (Å²) in [6.45, 7) is 12.8. The standard InChI is InChI=1S/C16H34N4/c1-7-11-18-16(4,14-17)10-9-12-20(8-2)15(3)13-19(5)6/h15,18H,7-13H2,1-6H3. The first kappa shape index (κ1) is 19.4. The average Bonchev–Trinajstić information content (AvgIpc) is 2.40. The molecule has 118 valence electrons. The van der Waals surface area contributed by atoms with Gasteiger partial charge in [-0.3, -0.25) is 10.2 Å². The first-order valence-corrected chi connectivity index (χ1v) is 7.93. The fourth-order valence-corrected chi connectivity index (χ4v) is 2.55. The molecule has 0 aliphatic heterocycles. The zero-order valence-corrected chi connectivity index (χ0v) is 14.4. The molecule has 4 heteroatoms. The lowest BCUT2D eigenvalue weighted by Crippen LogP contribution is -2.43. The van der Waals surface area contributed by atoms with E-state index in [0.29, 0.717) is 6.04 Å². The topological polar surface area (TPSA) is 42.3 Å². The van der Waals surface area contributed by atoms with Crippen molar-refractivity contribution in [2.75, 3.05) is 40.3 Å². The highest BCUT2D eigenvalue weighted by Crippen LogP contribution is 2.13. The third-order valence-electron chi connectivity index (χ3n) is 3.79. The van der Waals surface area contributed by atoms with Gasteiger partial charge in [-0.25, -0.2) is 0 Å². The number of nitrogens with zero attached hydrogens (tertiary/aromatic N) is 3. The molecule has 0 heterocycles. The van der Waals surface area contributed by atoms with Gasteiger partial charge in [0.1, 0.15) is 5.54 Å². The molecule has 0 spiro atoms. The first-order valence-electron chi connectivity index (χ1n) is 7.93. The average molecular weight is 282 g/mol. The molecule has 0 aromatic carbocycles. The zero-order valence-electron chi connectivity index (χ0n) is 14.4. The van der Waals surface area contributed by atoms with Crippen molar-refractivity contribution in [3.63, 3.8) is 0 Å². The van der Waals surface area contributed by atoms with Crippen molar-refractivity contribution in [3.8, 4) is 6.07 Å². The van der Waals surface area contributed by atoms with E-state index >= 15 is 0 Å². The zero-order chi connectivity index (χ0) is 15.6. The second-order valence-corrected chi connectivity index (χ2v) is 6.21. The molecule has 0 aliphatic carbocycles. The minimum Gasteiger partial charge on any atom is -0.308 e. The number of nitriles is 1. The van der Waals surface area contributed by atoms with Gasteiger partial charge in [-0.2, -0.15) is 5.26 Å². The molecule has 0 amide bonds. The van der Waals surface area contributed by atoms with Crippen molar-refractivity contribution >= 4 is 0 Å². The van der Waals surface area contributed by atoms with Crippen LogP contribution in [0.4, 0.5) is 0 Å². The van der Waals surface area contributed by atoms with Gasteiger partial charge in [-0.1, -0.05) is 13.8 Å². The maximum absolute atomic E-state index is 9.33. The van der Waals surface area contributed by atoms with Crippen molar-refractivity contribution < 1.29 is 0 Å². The van der Waals surface area contributed by atoms with E-state index in [1.807, 2.05) is 6.92 Å².